The van der Waals surface area contributed by atoms with Crippen molar-refractivity contribution in [3.63, 3.8) is 0 Å². The van der Waals surface area contributed by atoms with E-state index in [1.54, 1.807) is 41.6 Å². The van der Waals surface area contributed by atoms with E-state index in [9.17, 15) is 19.7 Å². The molecule has 11 nitrogen and oxygen atoms in total. The van der Waals surface area contributed by atoms with E-state index in [1.807, 2.05) is 32.0 Å². The molecule has 3 amide bonds. The van der Waals surface area contributed by atoms with Crippen molar-refractivity contribution in [2.45, 2.75) is 32.0 Å². The zero-order valence-electron chi connectivity index (χ0n) is 21.9. The average molecular weight is 563 g/mol. The van der Waals surface area contributed by atoms with Crippen molar-refractivity contribution in [1.29, 1.82) is 0 Å². The van der Waals surface area contributed by atoms with Gasteiger partial charge < -0.3 is 15.0 Å². The monoisotopic (exact) mass is 562 g/mol. The molecule has 1 saturated heterocycles. The molecule has 2 aromatic carbocycles. The second kappa shape index (κ2) is 11.3. The van der Waals surface area contributed by atoms with E-state index >= 15 is 0 Å². The number of hydrogen-bond donors (Lipinski definition) is 1. The van der Waals surface area contributed by atoms with Gasteiger partial charge in [-0.05, 0) is 49.2 Å². The van der Waals surface area contributed by atoms with E-state index in [-0.39, 0.29) is 35.8 Å². The number of halogens is 1. The van der Waals surface area contributed by atoms with Crippen LogP contribution in [-0.2, 0) is 4.79 Å². The Kier molecular flexibility index (Phi) is 7.65. The average Bonchev–Trinajstić information content (AvgIpc) is 3.33. The Bertz CT molecular complexity index is 1460. The first-order valence-electron chi connectivity index (χ1n) is 12.8. The fraction of sp³-hybridized carbons (Fsp3) is 0.286. The van der Waals surface area contributed by atoms with E-state index < -0.39 is 23.0 Å². The quantitative estimate of drug-likeness (QED) is 0.347. The number of rotatable bonds is 6. The number of urea groups is 1. The minimum atomic E-state index is -0.635. The summed E-state index contributed by atoms with van der Waals surface area (Å²) in [5.74, 6) is 0.234. The number of ether oxygens (including phenoxy) is 1. The third kappa shape index (κ3) is 5.46. The van der Waals surface area contributed by atoms with E-state index in [2.05, 4.69) is 10.3 Å². The summed E-state index contributed by atoms with van der Waals surface area (Å²) in [6.45, 7) is 4.15. The predicted octanol–water partition coefficient (Wildman–Crippen LogP) is 4.53. The Hall–Kier alpha value is -4.51. The number of piperazine rings is 1. The number of nitro groups is 1. The molecule has 0 spiro atoms. The lowest BCUT2D eigenvalue weighted by Gasteiger charge is -2.35. The van der Waals surface area contributed by atoms with Gasteiger partial charge in [0.15, 0.2) is 0 Å². The van der Waals surface area contributed by atoms with Crippen molar-refractivity contribution in [2.24, 2.45) is 4.99 Å². The summed E-state index contributed by atoms with van der Waals surface area (Å²) in [6.07, 6.45) is 3.01. The molecule has 1 N–H and O–H groups in total. The molecule has 0 bridgehead atoms. The smallest absolute Gasteiger partial charge is 0.326 e. The predicted molar refractivity (Wildman–Crippen MR) is 148 cm³/mol. The molecule has 2 aliphatic heterocycles. The third-order valence-electron chi connectivity index (χ3n) is 6.60. The van der Waals surface area contributed by atoms with Crippen LogP contribution < -0.4 is 10.1 Å². The van der Waals surface area contributed by atoms with Crippen LogP contribution in [0.2, 0.25) is 5.02 Å². The number of nitro benzene ring substituents is 1. The van der Waals surface area contributed by atoms with Crippen LogP contribution in [0.15, 0.2) is 72.0 Å². The molecule has 2 aliphatic rings. The van der Waals surface area contributed by atoms with Gasteiger partial charge in [-0.2, -0.15) is 0 Å². The molecule has 0 aliphatic carbocycles. The molecule has 0 saturated carbocycles. The number of carbonyl (C=O) groups is 2. The van der Waals surface area contributed by atoms with Gasteiger partial charge in [0.2, 0.25) is 5.91 Å². The summed E-state index contributed by atoms with van der Waals surface area (Å²) < 4.78 is 6.01. The topological polar surface area (TPSA) is 130 Å². The summed E-state index contributed by atoms with van der Waals surface area (Å²) in [5, 5.41) is 14.9. The van der Waals surface area contributed by atoms with Gasteiger partial charge in [0.1, 0.15) is 24.2 Å². The first kappa shape index (κ1) is 27.1. The summed E-state index contributed by atoms with van der Waals surface area (Å²) in [7, 11) is 0. The molecule has 3 aromatic rings. The standard InChI is InChI=1S/C28H27ClN6O5/c1-17(2)40-23-14-21(35(38)39)9-10-22(23)27-32-25(18-5-7-20(29)8-6-18)26(19-4-3-11-30-15-19)34(27)28(37)33-13-12-31-24(36)16-33/h3-11,14-15,17,25-26H,12-13,16H2,1-2H3,(H,31,36)/t25-,26+/m0/s1. The number of pyridine rings is 1. The second-order valence-corrected chi connectivity index (χ2v) is 10.1. The van der Waals surface area contributed by atoms with E-state index in [1.165, 1.54) is 17.0 Å². The van der Waals surface area contributed by atoms with Gasteiger partial charge in [-0.3, -0.25) is 29.8 Å². The minimum absolute atomic E-state index is 0.108. The highest BCUT2D eigenvalue weighted by molar-refractivity contribution is 6.30. The Labute approximate surface area is 235 Å². The van der Waals surface area contributed by atoms with Crippen molar-refractivity contribution in [3.05, 3.63) is 98.8 Å². The van der Waals surface area contributed by atoms with Crippen molar-refractivity contribution < 1.29 is 19.2 Å². The summed E-state index contributed by atoms with van der Waals surface area (Å²) in [4.78, 5) is 49.9. The molecular formula is C28H27ClN6O5. The van der Waals surface area contributed by atoms with Gasteiger partial charge in [0.05, 0.1) is 28.7 Å². The highest BCUT2D eigenvalue weighted by atomic mass is 35.5. The lowest BCUT2D eigenvalue weighted by molar-refractivity contribution is -0.384. The van der Waals surface area contributed by atoms with Gasteiger partial charge in [-0.15, -0.1) is 0 Å². The van der Waals surface area contributed by atoms with Gasteiger partial charge >= 0.3 is 6.03 Å². The van der Waals surface area contributed by atoms with Crippen LogP contribution in [0, 0.1) is 10.1 Å². The maximum Gasteiger partial charge on any atom is 0.326 e. The lowest BCUT2D eigenvalue weighted by Crippen LogP contribution is -2.55. The molecule has 2 atom stereocenters. The fourth-order valence-corrected chi connectivity index (χ4v) is 4.99. The van der Waals surface area contributed by atoms with Crippen LogP contribution in [-0.4, -0.2) is 63.2 Å². The SMILES string of the molecule is CC(C)Oc1cc([N+](=O)[O-])ccc1C1=N[C@@H](c2ccc(Cl)cc2)[C@@H](c2cccnc2)N1C(=O)N1CCNC(=O)C1. The Morgan fingerprint density at radius 2 is 1.95 bits per heavy atom. The van der Waals surface area contributed by atoms with Crippen molar-refractivity contribution in [1.82, 2.24) is 20.1 Å². The maximum atomic E-state index is 14.3. The highest BCUT2D eigenvalue weighted by Gasteiger charge is 2.45. The molecule has 0 radical (unpaired) electrons. The first-order valence-corrected chi connectivity index (χ1v) is 13.1. The highest BCUT2D eigenvalue weighted by Crippen LogP contribution is 2.45. The third-order valence-corrected chi connectivity index (χ3v) is 6.85. The Morgan fingerprint density at radius 1 is 1.18 bits per heavy atom. The van der Waals surface area contributed by atoms with Crippen LogP contribution in [0.5, 0.6) is 5.75 Å². The van der Waals surface area contributed by atoms with Gasteiger partial charge in [-0.25, -0.2) is 4.79 Å². The van der Waals surface area contributed by atoms with E-state index in [4.69, 9.17) is 21.3 Å². The number of carbonyl (C=O) groups excluding carboxylic acids is 2. The number of amides is 3. The molecule has 0 unspecified atom stereocenters. The van der Waals surface area contributed by atoms with Crippen molar-refractivity contribution in [3.8, 4) is 5.75 Å². The van der Waals surface area contributed by atoms with E-state index in [0.717, 1.165) is 11.1 Å². The van der Waals surface area contributed by atoms with Gasteiger partial charge in [-0.1, -0.05) is 29.8 Å². The molecule has 40 heavy (non-hydrogen) atoms. The van der Waals surface area contributed by atoms with Crippen LogP contribution in [0.4, 0.5) is 10.5 Å². The van der Waals surface area contributed by atoms with E-state index in [0.29, 0.717) is 23.7 Å². The lowest BCUT2D eigenvalue weighted by atomic mass is 9.94. The zero-order chi connectivity index (χ0) is 28.4. The molecule has 1 fully saturated rings. The number of hydrogen-bond acceptors (Lipinski definition) is 7. The van der Waals surface area contributed by atoms with Gasteiger partial charge in [0, 0.05) is 36.6 Å². The van der Waals surface area contributed by atoms with Crippen LogP contribution in [0.1, 0.15) is 42.6 Å². The van der Waals surface area contributed by atoms with Crippen molar-refractivity contribution >= 4 is 35.1 Å². The molecule has 12 heteroatoms. The molecule has 5 rings (SSSR count). The van der Waals surface area contributed by atoms with Crippen LogP contribution in [0.3, 0.4) is 0 Å². The number of non-ortho nitro benzene ring substituents is 1. The summed E-state index contributed by atoms with van der Waals surface area (Å²) in [6, 6.07) is 13.5. The maximum absolute atomic E-state index is 14.3. The van der Waals surface area contributed by atoms with Crippen LogP contribution in [0.25, 0.3) is 0 Å². The molecular weight excluding hydrogens is 536 g/mol. The summed E-state index contributed by atoms with van der Waals surface area (Å²) >= 11 is 6.17. The number of nitrogens with one attached hydrogen (secondary N) is 1. The Balaban J connectivity index is 1.71. The number of benzene rings is 2. The zero-order valence-corrected chi connectivity index (χ0v) is 22.6. The second-order valence-electron chi connectivity index (χ2n) is 9.71. The Morgan fingerprint density at radius 3 is 2.60 bits per heavy atom. The first-order chi connectivity index (χ1) is 19.2. The minimum Gasteiger partial charge on any atom is -0.490 e. The largest absolute Gasteiger partial charge is 0.490 e. The number of nitrogens with zero attached hydrogens (tertiary/aromatic N) is 5. The summed E-state index contributed by atoms with van der Waals surface area (Å²) in [5.41, 5.74) is 1.79. The number of aromatic nitrogens is 1. The molecule has 206 valence electrons. The normalized spacial score (nSPS) is 18.9. The fourth-order valence-electron chi connectivity index (χ4n) is 4.86. The van der Waals surface area contributed by atoms with Crippen LogP contribution >= 0.6 is 11.6 Å². The van der Waals surface area contributed by atoms with Crippen molar-refractivity contribution in [2.75, 3.05) is 19.6 Å². The molecule has 3 heterocycles. The van der Waals surface area contributed by atoms with Gasteiger partial charge in [0.25, 0.3) is 5.69 Å². The number of amidine groups is 1. The molecule has 1 aromatic heterocycles. The number of aliphatic imine (C=N–C) groups is 1.